The molecule has 7 heteroatoms. The Bertz CT molecular complexity index is 403. The maximum Gasteiger partial charge on any atom is 0.273 e. The van der Waals surface area contributed by atoms with Crippen molar-refractivity contribution in [2.75, 3.05) is 13.1 Å². The second-order valence-electron chi connectivity index (χ2n) is 4.17. The number of H-pyrrole nitrogens is 1. The van der Waals surface area contributed by atoms with Crippen molar-refractivity contribution < 1.29 is 9.59 Å². The molecule has 0 bridgehead atoms. The van der Waals surface area contributed by atoms with Crippen LogP contribution in [0.3, 0.4) is 0 Å². The molecule has 1 aromatic heterocycles. The molecule has 92 valence electrons. The Morgan fingerprint density at radius 2 is 2.53 bits per heavy atom. The van der Waals surface area contributed by atoms with E-state index in [9.17, 15) is 9.59 Å². The molecule has 2 rings (SSSR count). The highest BCUT2D eigenvalue weighted by atomic mass is 16.2. The molecular weight excluding hydrogens is 222 g/mol. The van der Waals surface area contributed by atoms with Gasteiger partial charge in [0, 0.05) is 25.6 Å². The average Bonchev–Trinajstić information content (AvgIpc) is 2.90. The molecular formula is C10H15N5O2. The Labute approximate surface area is 98.6 Å². The molecule has 7 nitrogen and oxygen atoms in total. The minimum atomic E-state index is -0.280. The van der Waals surface area contributed by atoms with Gasteiger partial charge >= 0.3 is 0 Å². The third-order valence-corrected chi connectivity index (χ3v) is 2.69. The summed E-state index contributed by atoms with van der Waals surface area (Å²) < 4.78 is 0. The predicted octanol–water partition coefficient (Wildman–Crippen LogP) is -0.455. The zero-order valence-electron chi connectivity index (χ0n) is 9.64. The van der Waals surface area contributed by atoms with Crippen molar-refractivity contribution in [1.82, 2.24) is 25.6 Å². The molecule has 17 heavy (non-hydrogen) atoms. The number of carbonyl (C=O) groups excluding carboxylic acids is 2. The summed E-state index contributed by atoms with van der Waals surface area (Å²) in [6.07, 6.45) is 2.88. The molecule has 2 N–H and O–H groups in total. The lowest BCUT2D eigenvalue weighted by atomic mass is 10.3. The highest BCUT2D eigenvalue weighted by molar-refractivity contribution is 5.92. The van der Waals surface area contributed by atoms with Crippen LogP contribution < -0.4 is 5.32 Å². The number of likely N-dealkylation sites (tertiary alicyclic amines) is 1. The van der Waals surface area contributed by atoms with Gasteiger partial charge in [0.25, 0.3) is 5.91 Å². The lowest BCUT2D eigenvalue weighted by Crippen LogP contribution is -2.42. The number of aromatic nitrogens is 3. The number of rotatable bonds is 4. The molecule has 1 unspecified atom stereocenters. The van der Waals surface area contributed by atoms with E-state index in [-0.39, 0.29) is 23.6 Å². The number of aromatic amines is 1. The molecule has 2 heterocycles. The summed E-state index contributed by atoms with van der Waals surface area (Å²) in [5.74, 6) is -0.120. The zero-order chi connectivity index (χ0) is 12.3. The molecule has 0 saturated carbocycles. The van der Waals surface area contributed by atoms with Crippen LogP contribution in [0, 0.1) is 0 Å². The first-order chi connectivity index (χ1) is 8.16. The molecule has 1 atom stereocenters. The quantitative estimate of drug-likeness (QED) is 0.741. The highest BCUT2D eigenvalue weighted by Gasteiger charge is 2.22. The molecule has 0 spiro atoms. The van der Waals surface area contributed by atoms with Crippen LogP contribution in [-0.2, 0) is 4.79 Å². The fourth-order valence-corrected chi connectivity index (χ4v) is 1.88. The molecule has 1 aliphatic heterocycles. The van der Waals surface area contributed by atoms with Crippen LogP contribution in [0.5, 0.6) is 0 Å². The van der Waals surface area contributed by atoms with Gasteiger partial charge in [-0.05, 0) is 13.3 Å². The van der Waals surface area contributed by atoms with E-state index in [4.69, 9.17) is 0 Å². The first kappa shape index (κ1) is 11.6. The minimum absolute atomic E-state index is 0.0961. The summed E-state index contributed by atoms with van der Waals surface area (Å²) >= 11 is 0. The number of nitrogens with zero attached hydrogens (tertiary/aromatic N) is 3. The van der Waals surface area contributed by atoms with E-state index in [1.807, 2.05) is 6.92 Å². The number of amides is 2. The van der Waals surface area contributed by atoms with Gasteiger partial charge in [-0.15, -0.1) is 0 Å². The third kappa shape index (κ3) is 2.80. The van der Waals surface area contributed by atoms with Crippen molar-refractivity contribution in [3.63, 3.8) is 0 Å². The summed E-state index contributed by atoms with van der Waals surface area (Å²) in [6.45, 7) is 3.19. The summed E-state index contributed by atoms with van der Waals surface area (Å²) in [6, 6.07) is -0.0961. The molecule has 0 aromatic carbocycles. The Balaban J connectivity index is 1.83. The van der Waals surface area contributed by atoms with Gasteiger partial charge in [0.15, 0.2) is 5.69 Å². The predicted molar refractivity (Wildman–Crippen MR) is 59.1 cm³/mol. The van der Waals surface area contributed by atoms with Crippen LogP contribution in [0.2, 0.25) is 0 Å². The number of carbonyl (C=O) groups is 2. The second kappa shape index (κ2) is 4.94. The van der Waals surface area contributed by atoms with Crippen molar-refractivity contribution in [3.8, 4) is 0 Å². The molecule has 1 aliphatic rings. The Morgan fingerprint density at radius 3 is 3.12 bits per heavy atom. The van der Waals surface area contributed by atoms with Crippen LogP contribution in [0.25, 0.3) is 0 Å². The molecule has 1 aromatic rings. The summed E-state index contributed by atoms with van der Waals surface area (Å²) in [5.41, 5.74) is 0.254. The molecule has 0 radical (unpaired) electrons. The average molecular weight is 237 g/mol. The first-order valence-corrected chi connectivity index (χ1v) is 5.61. The Hall–Kier alpha value is -1.92. The fourth-order valence-electron chi connectivity index (χ4n) is 1.88. The molecule has 1 fully saturated rings. The Morgan fingerprint density at radius 1 is 1.71 bits per heavy atom. The van der Waals surface area contributed by atoms with E-state index in [1.165, 1.54) is 6.20 Å². The van der Waals surface area contributed by atoms with E-state index in [2.05, 4.69) is 20.7 Å². The number of nitrogens with one attached hydrogen (secondary N) is 2. The van der Waals surface area contributed by atoms with E-state index in [0.29, 0.717) is 13.0 Å². The van der Waals surface area contributed by atoms with Crippen molar-refractivity contribution in [1.29, 1.82) is 0 Å². The SMILES string of the molecule is CC(CN1CCCC1=O)NC(=O)c1cn[nH]n1. The Kier molecular flexibility index (Phi) is 3.36. The summed E-state index contributed by atoms with van der Waals surface area (Å²) in [5, 5.41) is 12.4. The van der Waals surface area contributed by atoms with Gasteiger partial charge in [-0.3, -0.25) is 9.59 Å². The standard InChI is InChI=1S/C10H15N5O2/c1-7(6-15-4-2-3-9(15)16)12-10(17)8-5-11-14-13-8/h5,7H,2-4,6H2,1H3,(H,12,17)(H,11,13,14). The van der Waals surface area contributed by atoms with Gasteiger partial charge < -0.3 is 10.2 Å². The third-order valence-electron chi connectivity index (χ3n) is 2.69. The van der Waals surface area contributed by atoms with Gasteiger partial charge in [0.2, 0.25) is 5.91 Å². The van der Waals surface area contributed by atoms with Crippen molar-refractivity contribution >= 4 is 11.8 Å². The van der Waals surface area contributed by atoms with Crippen LogP contribution >= 0.6 is 0 Å². The second-order valence-corrected chi connectivity index (χ2v) is 4.17. The van der Waals surface area contributed by atoms with Gasteiger partial charge in [-0.1, -0.05) is 0 Å². The number of hydrogen-bond donors (Lipinski definition) is 2. The van der Waals surface area contributed by atoms with Crippen molar-refractivity contribution in [3.05, 3.63) is 11.9 Å². The topological polar surface area (TPSA) is 91.0 Å². The largest absolute Gasteiger partial charge is 0.346 e. The van der Waals surface area contributed by atoms with Crippen LogP contribution in [0.15, 0.2) is 6.20 Å². The van der Waals surface area contributed by atoms with E-state index in [0.717, 1.165) is 13.0 Å². The van der Waals surface area contributed by atoms with Crippen molar-refractivity contribution in [2.45, 2.75) is 25.8 Å². The maximum absolute atomic E-state index is 11.6. The first-order valence-electron chi connectivity index (χ1n) is 5.61. The van der Waals surface area contributed by atoms with Crippen LogP contribution in [0.4, 0.5) is 0 Å². The summed E-state index contributed by atoms with van der Waals surface area (Å²) in [7, 11) is 0. The highest BCUT2D eigenvalue weighted by Crippen LogP contribution is 2.09. The van der Waals surface area contributed by atoms with E-state index >= 15 is 0 Å². The van der Waals surface area contributed by atoms with Crippen molar-refractivity contribution in [2.24, 2.45) is 0 Å². The number of hydrogen-bond acceptors (Lipinski definition) is 4. The molecule has 0 aliphatic carbocycles. The lowest BCUT2D eigenvalue weighted by Gasteiger charge is -2.21. The van der Waals surface area contributed by atoms with E-state index < -0.39 is 0 Å². The molecule has 1 saturated heterocycles. The fraction of sp³-hybridized carbons (Fsp3) is 0.600. The lowest BCUT2D eigenvalue weighted by molar-refractivity contribution is -0.127. The molecule has 2 amide bonds. The van der Waals surface area contributed by atoms with Gasteiger partial charge in [0.05, 0.1) is 6.20 Å². The van der Waals surface area contributed by atoms with Crippen LogP contribution in [0.1, 0.15) is 30.3 Å². The maximum atomic E-state index is 11.6. The normalized spacial score (nSPS) is 17.2. The van der Waals surface area contributed by atoms with Gasteiger partial charge in [0.1, 0.15) is 0 Å². The zero-order valence-corrected chi connectivity index (χ0v) is 9.64. The van der Waals surface area contributed by atoms with Crippen LogP contribution in [-0.4, -0.2) is 51.3 Å². The smallest absolute Gasteiger partial charge is 0.273 e. The monoisotopic (exact) mass is 237 g/mol. The summed E-state index contributed by atoms with van der Waals surface area (Å²) in [4.78, 5) is 24.8. The van der Waals surface area contributed by atoms with Gasteiger partial charge in [-0.25, -0.2) is 0 Å². The van der Waals surface area contributed by atoms with E-state index in [1.54, 1.807) is 4.90 Å². The minimum Gasteiger partial charge on any atom is -0.346 e. The van der Waals surface area contributed by atoms with Gasteiger partial charge in [-0.2, -0.15) is 15.4 Å².